The molecular formula is C82H96BN3. The molecule has 0 saturated heterocycles. The fourth-order valence-corrected chi connectivity index (χ4v) is 16.4. The zero-order valence-corrected chi connectivity index (χ0v) is 56.4. The number of benzene rings is 8. The highest BCUT2D eigenvalue weighted by Crippen LogP contribution is 2.59. The van der Waals surface area contributed by atoms with Gasteiger partial charge in [-0.2, -0.15) is 0 Å². The molecule has 0 saturated carbocycles. The third-order valence-corrected chi connectivity index (χ3v) is 21.9. The van der Waals surface area contributed by atoms with Crippen molar-refractivity contribution in [3.05, 3.63) is 200 Å². The molecule has 4 heteroatoms. The second kappa shape index (κ2) is 18.9. The van der Waals surface area contributed by atoms with Crippen LogP contribution < -0.4 is 31.1 Å². The van der Waals surface area contributed by atoms with Crippen LogP contribution in [0.15, 0.2) is 133 Å². The topological polar surface area (TPSA) is 9.72 Å². The maximum atomic E-state index is 2.75. The van der Waals surface area contributed by atoms with Gasteiger partial charge in [0, 0.05) is 56.5 Å². The van der Waals surface area contributed by atoms with Crippen LogP contribution >= 0.6 is 0 Å². The van der Waals surface area contributed by atoms with E-state index in [1.54, 1.807) is 0 Å². The number of aryl methyl sites for hydroxylation is 3. The van der Waals surface area contributed by atoms with Crippen molar-refractivity contribution in [3.63, 3.8) is 0 Å². The highest BCUT2D eigenvalue weighted by atomic mass is 15.2. The molecule has 86 heavy (non-hydrogen) atoms. The van der Waals surface area contributed by atoms with Crippen LogP contribution in [0.4, 0.5) is 51.2 Å². The predicted molar refractivity (Wildman–Crippen MR) is 374 cm³/mol. The summed E-state index contributed by atoms with van der Waals surface area (Å²) in [7, 11) is 0. The summed E-state index contributed by atoms with van der Waals surface area (Å²) in [6.07, 6.45) is 4.66. The molecule has 2 aliphatic heterocycles. The summed E-state index contributed by atoms with van der Waals surface area (Å²) in [6.45, 7) is 53.0. The van der Waals surface area contributed by atoms with E-state index in [9.17, 15) is 0 Å². The zero-order chi connectivity index (χ0) is 61.7. The lowest BCUT2D eigenvalue weighted by Gasteiger charge is -2.48. The molecule has 0 N–H and O–H groups in total. The minimum Gasteiger partial charge on any atom is -0.311 e. The molecule has 0 radical (unpaired) electrons. The number of anilines is 9. The highest BCUT2D eigenvalue weighted by molar-refractivity contribution is 7.00. The summed E-state index contributed by atoms with van der Waals surface area (Å²) in [4.78, 5) is 8.06. The average molecular weight is 1130 g/mol. The minimum atomic E-state index is -0.228. The molecule has 0 aromatic heterocycles. The maximum absolute atomic E-state index is 2.75. The van der Waals surface area contributed by atoms with Crippen molar-refractivity contribution in [2.45, 2.75) is 221 Å². The van der Waals surface area contributed by atoms with E-state index < -0.39 is 0 Å². The van der Waals surface area contributed by atoms with Crippen molar-refractivity contribution in [1.82, 2.24) is 0 Å². The molecule has 0 bridgehead atoms. The molecule has 0 amide bonds. The van der Waals surface area contributed by atoms with Gasteiger partial charge in [0.2, 0.25) is 0 Å². The Bertz CT molecular complexity index is 4090. The molecule has 0 spiro atoms. The van der Waals surface area contributed by atoms with Gasteiger partial charge in [-0.25, -0.2) is 0 Å². The zero-order valence-electron chi connectivity index (χ0n) is 56.4. The van der Waals surface area contributed by atoms with Gasteiger partial charge in [-0.3, -0.25) is 0 Å². The third-order valence-electron chi connectivity index (χ3n) is 21.9. The smallest absolute Gasteiger partial charge is 0.252 e. The summed E-state index contributed by atoms with van der Waals surface area (Å²) in [6, 6.07) is 54.5. The van der Waals surface area contributed by atoms with E-state index >= 15 is 0 Å². The molecule has 0 atom stereocenters. The number of rotatable bonds is 5. The minimum absolute atomic E-state index is 0.00671. The van der Waals surface area contributed by atoms with Crippen LogP contribution in [-0.2, 0) is 43.3 Å². The summed E-state index contributed by atoms with van der Waals surface area (Å²) < 4.78 is 0. The van der Waals surface area contributed by atoms with Crippen LogP contribution in [0.25, 0.3) is 11.1 Å². The number of hydrogen-bond acceptors (Lipinski definition) is 3. The Hall–Kier alpha value is -6.78. The molecular weight excluding hydrogens is 1040 g/mol. The highest BCUT2D eigenvalue weighted by Gasteiger charge is 2.49. The lowest BCUT2D eigenvalue weighted by atomic mass is 9.33. The van der Waals surface area contributed by atoms with Crippen molar-refractivity contribution < 1.29 is 0 Å². The molecule has 8 aromatic carbocycles. The first kappa shape index (κ1) is 58.3. The van der Waals surface area contributed by atoms with E-state index in [1.165, 1.54) is 153 Å². The van der Waals surface area contributed by atoms with Crippen molar-refractivity contribution >= 4 is 74.3 Å². The van der Waals surface area contributed by atoms with Crippen molar-refractivity contribution in [3.8, 4) is 11.1 Å². The van der Waals surface area contributed by atoms with Crippen LogP contribution in [0.5, 0.6) is 0 Å². The molecule has 5 aliphatic rings. The molecule has 3 aliphatic carbocycles. The van der Waals surface area contributed by atoms with Crippen LogP contribution in [0.1, 0.15) is 224 Å². The Balaban J connectivity index is 1.17. The molecule has 442 valence electrons. The van der Waals surface area contributed by atoms with E-state index in [0.717, 1.165) is 18.5 Å². The fraction of sp³-hybridized carbons (Fsp3) is 0.415. The Morgan fingerprint density at radius 2 is 0.942 bits per heavy atom. The number of fused-ring (bicyclic) bond motifs is 9. The van der Waals surface area contributed by atoms with Gasteiger partial charge in [0.25, 0.3) is 6.71 Å². The number of hydrogen-bond donors (Lipinski definition) is 0. The van der Waals surface area contributed by atoms with Crippen molar-refractivity contribution in [2.24, 2.45) is 0 Å². The normalized spacial score (nSPS) is 18.1. The quantitative estimate of drug-likeness (QED) is 0.159. The molecule has 8 aromatic rings. The standard InChI is InChI=1S/C82H96BN3/c1-49-41-70-74-71(42-49)86(67-36-32-59(77(10,11)12)73-72(67)56-25-23-24-26-57(56)82(73,21)22)68-46-55(84(65-34-27-52(43-50(65)2)75(4,5)6)66-35-28-53(44-51(66)3)76(7,8)9)30-33-63(68)83(74)64-47-61-62(81(19,20)40-39-80(61,17)18)48-69(64)85(70)54-29-31-58-60(45-54)79(15,16)38-37-78(58,13)14/h23-36,41-48H,37-40H2,1-22H3. The van der Waals surface area contributed by atoms with E-state index in [0.29, 0.717) is 0 Å². The molecule has 13 rings (SSSR count). The van der Waals surface area contributed by atoms with E-state index in [2.05, 4.69) is 300 Å². The fourth-order valence-electron chi connectivity index (χ4n) is 16.4. The largest absolute Gasteiger partial charge is 0.311 e. The SMILES string of the molecule is Cc1cc2c3c(c1)N(c1ccc(C(C)(C)C)c4c1-c1ccccc1C4(C)C)c1cc(N(c4ccc(C(C)(C)C)cc4C)c4ccc(C(C)(C)C)cc4C)ccc1B3c1cc3c(cc1N2c1ccc2c(c1)C(C)(C)CCC2(C)C)C(C)(C)CCC3(C)C. The van der Waals surface area contributed by atoms with Crippen LogP contribution in [0, 0.1) is 20.8 Å². The molecule has 2 heterocycles. The summed E-state index contributed by atoms with van der Waals surface area (Å²) >= 11 is 0. The summed E-state index contributed by atoms with van der Waals surface area (Å²) in [5, 5.41) is 0. The van der Waals surface area contributed by atoms with Gasteiger partial charge in [-0.1, -0.05) is 204 Å². The first-order chi connectivity index (χ1) is 40.0. The Morgan fingerprint density at radius 3 is 1.50 bits per heavy atom. The van der Waals surface area contributed by atoms with E-state index in [4.69, 9.17) is 0 Å². The van der Waals surface area contributed by atoms with Crippen molar-refractivity contribution in [1.29, 1.82) is 0 Å². The molecule has 3 nitrogen and oxygen atoms in total. The molecule has 0 unspecified atom stereocenters. The van der Waals surface area contributed by atoms with Crippen LogP contribution in [0.2, 0.25) is 0 Å². The summed E-state index contributed by atoms with van der Waals surface area (Å²) in [5.41, 5.74) is 34.5. The predicted octanol–water partition coefficient (Wildman–Crippen LogP) is 21.1. The Labute approximate surface area is 518 Å². The lowest BCUT2D eigenvalue weighted by Crippen LogP contribution is -2.62. The Kier molecular flexibility index (Phi) is 12.8. The van der Waals surface area contributed by atoms with Gasteiger partial charge in [0.05, 0.1) is 5.69 Å². The first-order valence-electron chi connectivity index (χ1n) is 32.5. The van der Waals surface area contributed by atoms with Gasteiger partial charge in [-0.05, 0) is 234 Å². The summed E-state index contributed by atoms with van der Waals surface area (Å²) in [5.74, 6) is 0. The van der Waals surface area contributed by atoms with Gasteiger partial charge in [0.1, 0.15) is 0 Å². The monoisotopic (exact) mass is 1130 g/mol. The first-order valence-corrected chi connectivity index (χ1v) is 32.5. The van der Waals surface area contributed by atoms with Gasteiger partial charge in [-0.15, -0.1) is 0 Å². The van der Waals surface area contributed by atoms with Gasteiger partial charge in [0.15, 0.2) is 0 Å². The average Bonchev–Trinajstić information content (AvgIpc) is 0.976. The lowest BCUT2D eigenvalue weighted by molar-refractivity contribution is 0.332. The van der Waals surface area contributed by atoms with Crippen LogP contribution in [0.3, 0.4) is 0 Å². The van der Waals surface area contributed by atoms with Gasteiger partial charge < -0.3 is 14.7 Å². The van der Waals surface area contributed by atoms with Crippen LogP contribution in [-0.4, -0.2) is 6.71 Å². The third kappa shape index (κ3) is 8.85. The second-order valence-electron chi connectivity index (χ2n) is 33.4. The van der Waals surface area contributed by atoms with E-state index in [-0.39, 0.29) is 50.0 Å². The maximum Gasteiger partial charge on any atom is 0.252 e. The number of nitrogens with zero attached hydrogens (tertiary/aromatic N) is 3. The van der Waals surface area contributed by atoms with Crippen molar-refractivity contribution in [2.75, 3.05) is 14.7 Å². The van der Waals surface area contributed by atoms with Gasteiger partial charge >= 0.3 is 0 Å². The second-order valence-corrected chi connectivity index (χ2v) is 33.4. The molecule has 0 fully saturated rings. The Morgan fingerprint density at radius 1 is 0.419 bits per heavy atom. The van der Waals surface area contributed by atoms with E-state index in [1.807, 2.05) is 0 Å².